The summed E-state index contributed by atoms with van der Waals surface area (Å²) in [6.07, 6.45) is 4.75. The van der Waals surface area contributed by atoms with Crippen LogP contribution in [0.4, 0.5) is 4.39 Å². The lowest BCUT2D eigenvalue weighted by molar-refractivity contribution is 0.476. The number of nitrogens with zero attached hydrogens (tertiary/aromatic N) is 2. The summed E-state index contributed by atoms with van der Waals surface area (Å²) in [7, 11) is 3.18. The van der Waals surface area contributed by atoms with E-state index in [1.165, 1.54) is 21.4 Å². The quantitative estimate of drug-likeness (QED) is 0.518. The van der Waals surface area contributed by atoms with E-state index in [9.17, 15) is 14.0 Å². The molecular formula is C20H14Cl2FN3O3. The van der Waals surface area contributed by atoms with Gasteiger partial charge in [-0.3, -0.25) is 9.59 Å². The van der Waals surface area contributed by atoms with Gasteiger partial charge in [-0.1, -0.05) is 23.2 Å². The first-order chi connectivity index (χ1) is 13.8. The minimum absolute atomic E-state index is 0.0120. The van der Waals surface area contributed by atoms with E-state index in [-0.39, 0.29) is 32.7 Å². The van der Waals surface area contributed by atoms with Crippen molar-refractivity contribution >= 4 is 34.1 Å². The Morgan fingerprint density at radius 1 is 1.00 bits per heavy atom. The monoisotopic (exact) mass is 433 g/mol. The van der Waals surface area contributed by atoms with Crippen LogP contribution in [-0.2, 0) is 14.1 Å². The minimum Gasteiger partial charge on any atom is -0.452 e. The van der Waals surface area contributed by atoms with E-state index in [2.05, 4.69) is 4.98 Å². The molecule has 0 aliphatic rings. The molecule has 6 nitrogen and oxygen atoms in total. The summed E-state index contributed by atoms with van der Waals surface area (Å²) in [5.74, 6) is -0.270. The molecule has 0 amide bonds. The van der Waals surface area contributed by atoms with E-state index in [0.29, 0.717) is 22.0 Å². The number of pyridine rings is 2. The standard InChI is InChI=1S/C20H14Cl2FN3O3/c1-25-9-16(29-19-14(21)5-10(23)6-15(19)22)12(7-17(25)27)13-8-26(2)20(28)18-11(13)3-4-24-18/h3-9,24H,1-2H3. The molecule has 0 radical (unpaired) electrons. The van der Waals surface area contributed by atoms with Gasteiger partial charge in [0.15, 0.2) is 11.5 Å². The fourth-order valence-corrected chi connectivity index (χ4v) is 3.65. The van der Waals surface area contributed by atoms with Crippen LogP contribution in [0.15, 0.2) is 52.4 Å². The van der Waals surface area contributed by atoms with Crippen molar-refractivity contribution in [3.8, 4) is 22.6 Å². The molecule has 9 heteroatoms. The van der Waals surface area contributed by atoms with Crippen LogP contribution in [0.1, 0.15) is 0 Å². The Balaban J connectivity index is 1.99. The fourth-order valence-electron chi connectivity index (χ4n) is 3.12. The number of benzene rings is 1. The molecule has 0 fully saturated rings. The molecule has 4 rings (SSSR count). The third kappa shape index (κ3) is 3.32. The van der Waals surface area contributed by atoms with Crippen molar-refractivity contribution in [1.29, 1.82) is 0 Å². The van der Waals surface area contributed by atoms with Crippen molar-refractivity contribution < 1.29 is 9.13 Å². The predicted molar refractivity (Wildman–Crippen MR) is 111 cm³/mol. The second kappa shape index (κ2) is 7.09. The second-order valence-electron chi connectivity index (χ2n) is 6.53. The van der Waals surface area contributed by atoms with E-state index >= 15 is 0 Å². The second-order valence-corrected chi connectivity index (χ2v) is 7.34. The molecule has 0 saturated heterocycles. The first kappa shape index (κ1) is 19.3. The molecule has 0 spiro atoms. The van der Waals surface area contributed by atoms with E-state index in [1.54, 1.807) is 32.6 Å². The van der Waals surface area contributed by atoms with Gasteiger partial charge in [0, 0.05) is 49.1 Å². The van der Waals surface area contributed by atoms with Crippen LogP contribution in [0, 0.1) is 5.82 Å². The summed E-state index contributed by atoms with van der Waals surface area (Å²) in [6, 6.07) is 5.31. The smallest absolute Gasteiger partial charge is 0.274 e. The zero-order valence-corrected chi connectivity index (χ0v) is 16.8. The van der Waals surface area contributed by atoms with E-state index in [4.69, 9.17) is 27.9 Å². The lowest BCUT2D eigenvalue weighted by Gasteiger charge is -2.16. The first-order valence-corrected chi connectivity index (χ1v) is 9.22. The van der Waals surface area contributed by atoms with Crippen LogP contribution in [-0.4, -0.2) is 14.1 Å². The molecule has 1 N–H and O–H groups in total. The van der Waals surface area contributed by atoms with E-state index in [1.807, 2.05) is 0 Å². The summed E-state index contributed by atoms with van der Waals surface area (Å²) in [6.45, 7) is 0. The number of aromatic amines is 1. The number of rotatable bonds is 3. The largest absolute Gasteiger partial charge is 0.452 e. The topological polar surface area (TPSA) is 69.0 Å². The Morgan fingerprint density at radius 2 is 1.69 bits per heavy atom. The molecule has 0 unspecified atom stereocenters. The zero-order valence-electron chi connectivity index (χ0n) is 15.3. The maximum atomic E-state index is 13.5. The highest BCUT2D eigenvalue weighted by Gasteiger charge is 2.18. The number of fused-ring (bicyclic) bond motifs is 1. The SMILES string of the molecule is Cn1cc(Oc2c(Cl)cc(F)cc2Cl)c(-c2cn(C)c(=O)c3[nH]ccc23)cc1=O. The molecule has 0 atom stereocenters. The predicted octanol–water partition coefficient (Wildman–Crippen LogP) is 4.47. The van der Waals surface area contributed by atoms with Gasteiger partial charge >= 0.3 is 0 Å². The number of nitrogens with one attached hydrogen (secondary N) is 1. The van der Waals surface area contributed by atoms with Crippen LogP contribution in [0.2, 0.25) is 10.0 Å². The van der Waals surface area contributed by atoms with Gasteiger partial charge in [-0.25, -0.2) is 4.39 Å². The van der Waals surface area contributed by atoms with Gasteiger partial charge < -0.3 is 18.9 Å². The van der Waals surface area contributed by atoms with Crippen molar-refractivity contribution in [1.82, 2.24) is 14.1 Å². The summed E-state index contributed by atoms with van der Waals surface area (Å²) >= 11 is 12.2. The van der Waals surface area contributed by atoms with Crippen LogP contribution in [0.25, 0.3) is 22.0 Å². The van der Waals surface area contributed by atoms with Gasteiger partial charge in [0.2, 0.25) is 0 Å². The van der Waals surface area contributed by atoms with E-state index in [0.717, 1.165) is 12.1 Å². The Hall–Kier alpha value is -3.03. The lowest BCUT2D eigenvalue weighted by Crippen LogP contribution is -2.18. The molecule has 0 saturated carbocycles. The fraction of sp³-hybridized carbons (Fsp3) is 0.100. The van der Waals surface area contributed by atoms with Gasteiger partial charge in [-0.05, 0) is 18.2 Å². The van der Waals surface area contributed by atoms with Crippen molar-refractivity contribution in [2.75, 3.05) is 0 Å². The van der Waals surface area contributed by atoms with Crippen LogP contribution in [0.5, 0.6) is 11.5 Å². The number of H-pyrrole nitrogens is 1. The van der Waals surface area contributed by atoms with Gasteiger partial charge in [-0.15, -0.1) is 0 Å². The van der Waals surface area contributed by atoms with Crippen molar-refractivity contribution in [2.45, 2.75) is 0 Å². The summed E-state index contributed by atoms with van der Waals surface area (Å²) in [5, 5.41) is 0.603. The highest BCUT2D eigenvalue weighted by molar-refractivity contribution is 6.37. The number of hydrogen-bond acceptors (Lipinski definition) is 3. The molecule has 148 valence electrons. The van der Waals surface area contributed by atoms with Gasteiger partial charge in [0.25, 0.3) is 11.1 Å². The Labute approximate surface area is 173 Å². The highest BCUT2D eigenvalue weighted by Crippen LogP contribution is 2.41. The molecule has 1 aromatic carbocycles. The van der Waals surface area contributed by atoms with Crippen LogP contribution >= 0.6 is 23.2 Å². The molecule has 4 aromatic rings. The average Bonchev–Trinajstić information content (AvgIpc) is 3.14. The molecule has 0 aliphatic heterocycles. The Morgan fingerprint density at radius 3 is 2.38 bits per heavy atom. The van der Waals surface area contributed by atoms with Crippen molar-refractivity contribution in [3.63, 3.8) is 0 Å². The maximum Gasteiger partial charge on any atom is 0.274 e. The summed E-state index contributed by atoms with van der Waals surface area (Å²) in [4.78, 5) is 27.6. The number of ether oxygens (including phenoxy) is 1. The number of halogens is 3. The number of aromatic nitrogens is 3. The van der Waals surface area contributed by atoms with Crippen molar-refractivity contribution in [2.24, 2.45) is 14.1 Å². The minimum atomic E-state index is -0.597. The number of hydrogen-bond donors (Lipinski definition) is 1. The van der Waals surface area contributed by atoms with Crippen LogP contribution < -0.4 is 15.9 Å². The van der Waals surface area contributed by atoms with Crippen LogP contribution in [0.3, 0.4) is 0 Å². The molecule has 0 bridgehead atoms. The normalized spacial score (nSPS) is 11.2. The third-order valence-electron chi connectivity index (χ3n) is 4.55. The molecule has 3 aromatic heterocycles. The zero-order chi connectivity index (χ0) is 20.9. The molecule has 3 heterocycles. The Kier molecular flexibility index (Phi) is 4.72. The molecule has 0 aliphatic carbocycles. The van der Waals surface area contributed by atoms with Gasteiger partial charge in [-0.2, -0.15) is 0 Å². The van der Waals surface area contributed by atoms with E-state index < -0.39 is 5.82 Å². The molecule has 29 heavy (non-hydrogen) atoms. The van der Waals surface area contributed by atoms with Crippen molar-refractivity contribution in [3.05, 3.63) is 79.4 Å². The highest BCUT2D eigenvalue weighted by atomic mass is 35.5. The Bertz CT molecular complexity index is 1370. The average molecular weight is 434 g/mol. The molecular weight excluding hydrogens is 420 g/mol. The van der Waals surface area contributed by atoms with Gasteiger partial charge in [0.1, 0.15) is 11.3 Å². The summed E-state index contributed by atoms with van der Waals surface area (Å²) in [5.41, 5.74) is 0.954. The third-order valence-corrected chi connectivity index (χ3v) is 5.11. The number of aryl methyl sites for hydroxylation is 2. The lowest BCUT2D eigenvalue weighted by atomic mass is 10.0. The first-order valence-electron chi connectivity index (χ1n) is 8.46. The maximum absolute atomic E-state index is 13.5. The summed E-state index contributed by atoms with van der Waals surface area (Å²) < 4.78 is 22.2. The van der Waals surface area contributed by atoms with Gasteiger partial charge in [0.05, 0.1) is 16.2 Å².